The lowest BCUT2D eigenvalue weighted by molar-refractivity contribution is -0.123. The van der Waals surface area contributed by atoms with Gasteiger partial charge in [0.05, 0.1) is 6.61 Å². The fraction of sp³-hybridized carbons (Fsp3) is 0.308. The van der Waals surface area contributed by atoms with Crippen LogP contribution in [0.25, 0.3) is 5.82 Å². The predicted molar refractivity (Wildman–Crippen MR) is 73.1 cm³/mol. The van der Waals surface area contributed by atoms with Gasteiger partial charge in [-0.2, -0.15) is 5.10 Å². The second kappa shape index (κ2) is 6.78. The van der Waals surface area contributed by atoms with E-state index in [9.17, 15) is 4.79 Å². The van der Waals surface area contributed by atoms with Gasteiger partial charge in [0.15, 0.2) is 5.82 Å². The van der Waals surface area contributed by atoms with Gasteiger partial charge in [0, 0.05) is 37.8 Å². The molecule has 106 valence electrons. The monoisotopic (exact) mass is 275 g/mol. The Bertz CT molecular complexity index is 556. The van der Waals surface area contributed by atoms with Crippen LogP contribution >= 0.6 is 0 Å². The molecular formula is C13H17N5O2. The summed E-state index contributed by atoms with van der Waals surface area (Å²) in [6, 6.07) is 4.83. The van der Waals surface area contributed by atoms with E-state index in [1.807, 2.05) is 18.2 Å². The van der Waals surface area contributed by atoms with Crippen LogP contribution in [0.1, 0.15) is 5.56 Å². The van der Waals surface area contributed by atoms with Crippen molar-refractivity contribution in [3.8, 4) is 5.82 Å². The zero-order valence-corrected chi connectivity index (χ0v) is 11.2. The van der Waals surface area contributed by atoms with E-state index in [0.717, 1.165) is 5.56 Å². The summed E-state index contributed by atoms with van der Waals surface area (Å²) in [6.07, 6.45) is 5.15. The van der Waals surface area contributed by atoms with Gasteiger partial charge in [0.25, 0.3) is 0 Å². The van der Waals surface area contributed by atoms with Crippen molar-refractivity contribution in [2.45, 2.75) is 12.6 Å². The van der Waals surface area contributed by atoms with Crippen molar-refractivity contribution in [1.82, 2.24) is 20.1 Å². The largest absolute Gasteiger partial charge is 0.383 e. The van der Waals surface area contributed by atoms with Crippen LogP contribution in [0.2, 0.25) is 0 Å². The van der Waals surface area contributed by atoms with Crippen molar-refractivity contribution in [2.24, 2.45) is 5.73 Å². The molecule has 2 rings (SSSR count). The molecule has 7 heteroatoms. The van der Waals surface area contributed by atoms with Crippen LogP contribution in [0.3, 0.4) is 0 Å². The zero-order valence-electron chi connectivity index (χ0n) is 11.2. The molecule has 0 fully saturated rings. The van der Waals surface area contributed by atoms with Gasteiger partial charge >= 0.3 is 0 Å². The molecule has 7 nitrogen and oxygen atoms in total. The van der Waals surface area contributed by atoms with E-state index < -0.39 is 6.04 Å². The Morgan fingerprint density at radius 2 is 2.35 bits per heavy atom. The second-order valence-corrected chi connectivity index (χ2v) is 4.22. The molecule has 0 spiro atoms. The summed E-state index contributed by atoms with van der Waals surface area (Å²) in [6.45, 7) is 0.518. The van der Waals surface area contributed by atoms with Crippen molar-refractivity contribution in [3.05, 3.63) is 42.4 Å². The molecule has 0 aromatic carbocycles. The average Bonchev–Trinajstić information content (AvgIpc) is 2.99. The Morgan fingerprint density at radius 3 is 3.05 bits per heavy atom. The highest BCUT2D eigenvalue weighted by molar-refractivity contribution is 5.81. The topological polar surface area (TPSA) is 95.1 Å². The number of hydrogen-bond acceptors (Lipinski definition) is 5. The fourth-order valence-corrected chi connectivity index (χ4v) is 1.74. The van der Waals surface area contributed by atoms with E-state index in [2.05, 4.69) is 15.4 Å². The second-order valence-electron chi connectivity index (χ2n) is 4.22. The van der Waals surface area contributed by atoms with E-state index in [4.69, 9.17) is 10.5 Å². The minimum atomic E-state index is -0.676. The first-order valence-electron chi connectivity index (χ1n) is 6.18. The predicted octanol–water partition coefficient (Wildman–Crippen LogP) is -0.143. The molecule has 1 unspecified atom stereocenters. The number of pyridine rings is 1. The molecule has 2 heterocycles. The zero-order chi connectivity index (χ0) is 14.4. The third-order valence-corrected chi connectivity index (χ3v) is 2.72. The van der Waals surface area contributed by atoms with E-state index >= 15 is 0 Å². The number of nitrogens with one attached hydrogen (secondary N) is 1. The van der Waals surface area contributed by atoms with Crippen molar-refractivity contribution in [1.29, 1.82) is 0 Å². The number of amides is 1. The minimum absolute atomic E-state index is 0.185. The summed E-state index contributed by atoms with van der Waals surface area (Å²) in [7, 11) is 1.50. The normalized spacial score (nSPS) is 12.1. The molecule has 3 N–H and O–H groups in total. The molecule has 2 aromatic rings. The first-order valence-corrected chi connectivity index (χ1v) is 6.18. The molecule has 0 bridgehead atoms. The van der Waals surface area contributed by atoms with Gasteiger partial charge in [0.2, 0.25) is 5.91 Å². The van der Waals surface area contributed by atoms with Crippen LogP contribution in [0.4, 0.5) is 0 Å². The molecule has 1 amide bonds. The first kappa shape index (κ1) is 14.2. The molecule has 2 aromatic heterocycles. The van der Waals surface area contributed by atoms with E-state index in [0.29, 0.717) is 12.4 Å². The third kappa shape index (κ3) is 3.40. The van der Waals surface area contributed by atoms with E-state index in [1.165, 1.54) is 7.11 Å². The SMILES string of the molecule is COCC(N)C(=O)NCc1cccnc1-n1cccn1. The smallest absolute Gasteiger partial charge is 0.239 e. The number of ether oxygens (including phenoxy) is 1. The van der Waals surface area contributed by atoms with Gasteiger partial charge in [-0.25, -0.2) is 9.67 Å². The standard InChI is InChI=1S/C13H17N5O2/c1-20-9-11(14)13(19)16-8-10-4-2-5-15-12(10)18-7-3-6-17-18/h2-7,11H,8-9,14H2,1H3,(H,16,19). The maximum absolute atomic E-state index is 11.7. The summed E-state index contributed by atoms with van der Waals surface area (Å²) in [5.74, 6) is 0.417. The van der Waals surface area contributed by atoms with Crippen LogP contribution in [0.5, 0.6) is 0 Å². The first-order chi connectivity index (χ1) is 9.72. The van der Waals surface area contributed by atoms with E-state index in [-0.39, 0.29) is 12.5 Å². The van der Waals surface area contributed by atoms with Gasteiger partial charge in [-0.15, -0.1) is 0 Å². The molecule has 0 aliphatic rings. The van der Waals surface area contributed by atoms with Gasteiger partial charge in [0.1, 0.15) is 6.04 Å². The molecule has 20 heavy (non-hydrogen) atoms. The highest BCUT2D eigenvalue weighted by atomic mass is 16.5. The molecule has 0 aliphatic heterocycles. The molecular weight excluding hydrogens is 258 g/mol. The van der Waals surface area contributed by atoms with Crippen LogP contribution in [-0.2, 0) is 16.1 Å². The number of hydrogen-bond donors (Lipinski definition) is 2. The molecule has 0 saturated carbocycles. The van der Waals surface area contributed by atoms with Crippen LogP contribution in [0, 0.1) is 0 Å². The number of aromatic nitrogens is 3. The number of methoxy groups -OCH3 is 1. The Hall–Kier alpha value is -2.25. The van der Waals surface area contributed by atoms with Gasteiger partial charge in [-0.1, -0.05) is 6.07 Å². The van der Waals surface area contributed by atoms with Crippen molar-refractivity contribution < 1.29 is 9.53 Å². The van der Waals surface area contributed by atoms with Gasteiger partial charge in [-0.3, -0.25) is 4.79 Å². The maximum Gasteiger partial charge on any atom is 0.239 e. The highest BCUT2D eigenvalue weighted by Gasteiger charge is 2.13. The minimum Gasteiger partial charge on any atom is -0.383 e. The Labute approximate surface area is 116 Å². The highest BCUT2D eigenvalue weighted by Crippen LogP contribution is 2.09. The average molecular weight is 275 g/mol. The van der Waals surface area contributed by atoms with Crippen molar-refractivity contribution >= 4 is 5.91 Å². The van der Waals surface area contributed by atoms with E-state index in [1.54, 1.807) is 23.3 Å². The van der Waals surface area contributed by atoms with Gasteiger partial charge in [-0.05, 0) is 12.1 Å². The lowest BCUT2D eigenvalue weighted by atomic mass is 10.2. The van der Waals surface area contributed by atoms with Crippen LogP contribution < -0.4 is 11.1 Å². The quantitative estimate of drug-likeness (QED) is 0.765. The summed E-state index contributed by atoms with van der Waals surface area (Å²) >= 11 is 0. The summed E-state index contributed by atoms with van der Waals surface area (Å²) < 4.78 is 6.50. The molecule has 0 saturated heterocycles. The lowest BCUT2D eigenvalue weighted by Gasteiger charge is -2.13. The Balaban J connectivity index is 2.05. The fourth-order valence-electron chi connectivity index (χ4n) is 1.74. The number of nitrogens with zero attached hydrogens (tertiary/aromatic N) is 3. The Morgan fingerprint density at radius 1 is 1.50 bits per heavy atom. The third-order valence-electron chi connectivity index (χ3n) is 2.72. The summed E-state index contributed by atoms with van der Waals surface area (Å²) in [4.78, 5) is 16.0. The number of carbonyl (C=O) groups is 1. The number of nitrogens with two attached hydrogens (primary N) is 1. The summed E-state index contributed by atoms with van der Waals surface area (Å²) in [5, 5.41) is 6.90. The number of rotatable bonds is 6. The van der Waals surface area contributed by atoms with Crippen molar-refractivity contribution in [2.75, 3.05) is 13.7 Å². The molecule has 0 radical (unpaired) electrons. The summed E-state index contributed by atoms with van der Waals surface area (Å²) in [5.41, 5.74) is 6.51. The van der Waals surface area contributed by atoms with Gasteiger partial charge < -0.3 is 15.8 Å². The maximum atomic E-state index is 11.7. The van der Waals surface area contributed by atoms with Crippen LogP contribution in [0.15, 0.2) is 36.8 Å². The molecule has 0 aliphatic carbocycles. The van der Waals surface area contributed by atoms with Crippen molar-refractivity contribution in [3.63, 3.8) is 0 Å². The van der Waals surface area contributed by atoms with Crippen LogP contribution in [-0.4, -0.2) is 40.4 Å². The molecule has 1 atom stereocenters. The number of carbonyl (C=O) groups excluding carboxylic acids is 1. The Kier molecular flexibility index (Phi) is 4.80. The lowest BCUT2D eigenvalue weighted by Crippen LogP contribution is -2.43.